The van der Waals surface area contributed by atoms with Crippen molar-refractivity contribution in [2.75, 3.05) is 6.61 Å². The van der Waals surface area contributed by atoms with Gasteiger partial charge in [-0.1, -0.05) is 33.3 Å². The Morgan fingerprint density at radius 1 is 1.33 bits per heavy atom. The van der Waals surface area contributed by atoms with E-state index in [1.54, 1.807) is 6.20 Å². The average molecular weight is 293 g/mol. The molecule has 0 bridgehead atoms. The van der Waals surface area contributed by atoms with Crippen LogP contribution in [0, 0.1) is 0 Å². The van der Waals surface area contributed by atoms with Crippen molar-refractivity contribution in [1.29, 1.82) is 0 Å². The maximum Gasteiger partial charge on any atom is 0.315 e. The standard InChI is InChI=1S/C16H27N3O2/c1-4-7-11-21-15-13(9-8-10-17-15)12-18-16(20)19-14(5-2)6-3/h8-10,14H,4-7,11-12H2,1-3H3,(H2,18,19,20). The van der Waals surface area contributed by atoms with Crippen molar-refractivity contribution in [1.82, 2.24) is 15.6 Å². The van der Waals surface area contributed by atoms with Crippen molar-refractivity contribution in [2.45, 2.75) is 59.0 Å². The quantitative estimate of drug-likeness (QED) is 0.687. The number of ether oxygens (including phenoxy) is 1. The van der Waals surface area contributed by atoms with Gasteiger partial charge in [0.15, 0.2) is 0 Å². The number of hydrogen-bond donors (Lipinski definition) is 2. The lowest BCUT2D eigenvalue weighted by atomic mass is 10.2. The lowest BCUT2D eigenvalue weighted by Crippen LogP contribution is -2.41. The number of pyridine rings is 1. The second kappa shape index (κ2) is 10.0. The number of rotatable bonds is 9. The van der Waals surface area contributed by atoms with Crippen LogP contribution in [0.25, 0.3) is 0 Å². The SMILES string of the molecule is CCCCOc1ncccc1CNC(=O)NC(CC)CC. The summed E-state index contributed by atoms with van der Waals surface area (Å²) in [6.45, 7) is 7.32. The molecule has 1 heterocycles. The number of urea groups is 1. The number of hydrogen-bond acceptors (Lipinski definition) is 3. The van der Waals surface area contributed by atoms with Crippen LogP contribution in [0.15, 0.2) is 18.3 Å². The Morgan fingerprint density at radius 3 is 2.76 bits per heavy atom. The van der Waals surface area contributed by atoms with E-state index in [1.165, 1.54) is 0 Å². The van der Waals surface area contributed by atoms with E-state index in [0.29, 0.717) is 19.0 Å². The number of amides is 2. The Morgan fingerprint density at radius 2 is 2.10 bits per heavy atom. The van der Waals surface area contributed by atoms with Gasteiger partial charge in [-0.2, -0.15) is 0 Å². The van der Waals surface area contributed by atoms with Gasteiger partial charge in [-0.3, -0.25) is 0 Å². The molecule has 1 aromatic heterocycles. The van der Waals surface area contributed by atoms with Gasteiger partial charge in [-0.15, -0.1) is 0 Å². The molecule has 21 heavy (non-hydrogen) atoms. The molecule has 5 heteroatoms. The maximum absolute atomic E-state index is 11.8. The van der Waals surface area contributed by atoms with Crippen LogP contribution in [0.2, 0.25) is 0 Å². The van der Waals surface area contributed by atoms with Crippen LogP contribution in [0.3, 0.4) is 0 Å². The van der Waals surface area contributed by atoms with Crippen molar-refractivity contribution in [3.8, 4) is 5.88 Å². The monoisotopic (exact) mass is 293 g/mol. The van der Waals surface area contributed by atoms with Crippen molar-refractivity contribution in [2.24, 2.45) is 0 Å². The van der Waals surface area contributed by atoms with Crippen LogP contribution in [0.5, 0.6) is 5.88 Å². The number of carbonyl (C=O) groups is 1. The Kier molecular flexibility index (Phi) is 8.24. The molecular formula is C16H27N3O2. The van der Waals surface area contributed by atoms with Gasteiger partial charge in [-0.05, 0) is 25.3 Å². The third kappa shape index (κ3) is 6.47. The molecule has 0 spiro atoms. The van der Waals surface area contributed by atoms with Crippen LogP contribution in [-0.2, 0) is 6.54 Å². The summed E-state index contributed by atoms with van der Waals surface area (Å²) in [5.74, 6) is 0.605. The predicted octanol–water partition coefficient (Wildman–Crippen LogP) is 3.25. The van der Waals surface area contributed by atoms with Gasteiger partial charge < -0.3 is 15.4 Å². The van der Waals surface area contributed by atoms with Gasteiger partial charge in [0.2, 0.25) is 5.88 Å². The fourth-order valence-electron chi connectivity index (χ4n) is 1.91. The minimum Gasteiger partial charge on any atom is -0.477 e. The molecule has 0 fully saturated rings. The minimum atomic E-state index is -0.146. The van der Waals surface area contributed by atoms with Gasteiger partial charge in [0.1, 0.15) is 0 Å². The highest BCUT2D eigenvalue weighted by Gasteiger charge is 2.09. The number of unbranched alkanes of at least 4 members (excludes halogenated alkanes) is 1. The molecule has 1 aromatic rings. The summed E-state index contributed by atoms with van der Waals surface area (Å²) in [7, 11) is 0. The molecule has 0 saturated carbocycles. The van der Waals surface area contributed by atoms with E-state index in [1.807, 2.05) is 12.1 Å². The topological polar surface area (TPSA) is 63.2 Å². The number of nitrogens with one attached hydrogen (secondary N) is 2. The first-order valence-electron chi connectivity index (χ1n) is 7.82. The molecule has 1 rings (SSSR count). The summed E-state index contributed by atoms with van der Waals surface area (Å²) in [4.78, 5) is 16.1. The number of carbonyl (C=O) groups excluding carboxylic acids is 1. The molecule has 0 aliphatic carbocycles. The summed E-state index contributed by atoms with van der Waals surface area (Å²) in [5, 5.41) is 5.81. The van der Waals surface area contributed by atoms with E-state index in [4.69, 9.17) is 4.74 Å². The molecule has 0 unspecified atom stereocenters. The summed E-state index contributed by atoms with van der Waals surface area (Å²) < 4.78 is 5.65. The van der Waals surface area contributed by atoms with Gasteiger partial charge in [0, 0.05) is 24.3 Å². The molecule has 0 atom stereocenters. The van der Waals surface area contributed by atoms with E-state index < -0.39 is 0 Å². The van der Waals surface area contributed by atoms with Gasteiger partial charge >= 0.3 is 6.03 Å². The van der Waals surface area contributed by atoms with Crippen molar-refractivity contribution in [3.63, 3.8) is 0 Å². The first-order chi connectivity index (χ1) is 10.2. The smallest absolute Gasteiger partial charge is 0.315 e. The lowest BCUT2D eigenvalue weighted by Gasteiger charge is -2.16. The van der Waals surface area contributed by atoms with Crippen molar-refractivity contribution < 1.29 is 9.53 Å². The normalized spacial score (nSPS) is 10.5. The van der Waals surface area contributed by atoms with E-state index in [9.17, 15) is 4.79 Å². The zero-order valence-electron chi connectivity index (χ0n) is 13.3. The Bertz CT molecular complexity index is 420. The number of aromatic nitrogens is 1. The van der Waals surface area contributed by atoms with Gasteiger partial charge in [0.25, 0.3) is 0 Å². The fourth-order valence-corrected chi connectivity index (χ4v) is 1.91. The zero-order chi connectivity index (χ0) is 15.5. The minimum absolute atomic E-state index is 0.146. The van der Waals surface area contributed by atoms with E-state index in [2.05, 4.69) is 36.4 Å². The highest BCUT2D eigenvalue weighted by molar-refractivity contribution is 5.74. The summed E-state index contributed by atoms with van der Waals surface area (Å²) >= 11 is 0. The van der Waals surface area contributed by atoms with E-state index in [0.717, 1.165) is 31.2 Å². The third-order valence-corrected chi connectivity index (χ3v) is 3.35. The summed E-state index contributed by atoms with van der Waals surface area (Å²) in [6.07, 6.45) is 5.65. The molecule has 0 saturated heterocycles. The first kappa shape index (κ1) is 17.3. The molecule has 5 nitrogen and oxygen atoms in total. The van der Waals surface area contributed by atoms with Crippen LogP contribution in [0.1, 0.15) is 52.0 Å². The van der Waals surface area contributed by atoms with Gasteiger partial charge in [0.05, 0.1) is 6.61 Å². The molecule has 0 aliphatic rings. The maximum atomic E-state index is 11.8. The van der Waals surface area contributed by atoms with Crippen LogP contribution in [-0.4, -0.2) is 23.7 Å². The molecule has 0 aromatic carbocycles. The first-order valence-corrected chi connectivity index (χ1v) is 7.82. The number of nitrogens with zero attached hydrogens (tertiary/aromatic N) is 1. The Hall–Kier alpha value is -1.78. The lowest BCUT2D eigenvalue weighted by molar-refractivity contribution is 0.235. The molecule has 0 aliphatic heterocycles. The Labute approximate surface area is 127 Å². The third-order valence-electron chi connectivity index (χ3n) is 3.35. The summed E-state index contributed by atoms with van der Waals surface area (Å²) in [6, 6.07) is 3.85. The van der Waals surface area contributed by atoms with Crippen molar-refractivity contribution in [3.05, 3.63) is 23.9 Å². The second-order valence-electron chi connectivity index (χ2n) is 5.01. The fraction of sp³-hybridized carbons (Fsp3) is 0.625. The van der Waals surface area contributed by atoms with Gasteiger partial charge in [-0.25, -0.2) is 9.78 Å². The predicted molar refractivity (Wildman–Crippen MR) is 84.4 cm³/mol. The zero-order valence-corrected chi connectivity index (χ0v) is 13.3. The highest BCUT2D eigenvalue weighted by atomic mass is 16.5. The van der Waals surface area contributed by atoms with Crippen LogP contribution in [0.4, 0.5) is 4.79 Å². The van der Waals surface area contributed by atoms with Crippen molar-refractivity contribution >= 4 is 6.03 Å². The molecular weight excluding hydrogens is 266 g/mol. The van der Waals surface area contributed by atoms with Crippen LogP contribution < -0.4 is 15.4 Å². The molecule has 118 valence electrons. The average Bonchev–Trinajstić information content (AvgIpc) is 2.52. The van der Waals surface area contributed by atoms with Crippen LogP contribution >= 0.6 is 0 Å². The Balaban J connectivity index is 2.48. The second-order valence-corrected chi connectivity index (χ2v) is 5.01. The summed E-state index contributed by atoms with van der Waals surface area (Å²) in [5.41, 5.74) is 0.897. The largest absolute Gasteiger partial charge is 0.477 e. The molecule has 2 amide bonds. The van der Waals surface area contributed by atoms with E-state index >= 15 is 0 Å². The highest BCUT2D eigenvalue weighted by Crippen LogP contribution is 2.14. The molecule has 2 N–H and O–H groups in total. The molecule has 0 radical (unpaired) electrons. The van der Waals surface area contributed by atoms with E-state index in [-0.39, 0.29) is 12.1 Å².